The number of anilines is 1. The van der Waals surface area contributed by atoms with Crippen LogP contribution in [-0.4, -0.2) is 18.5 Å². The lowest BCUT2D eigenvalue weighted by molar-refractivity contribution is -0.123. The molecule has 1 aromatic rings. The van der Waals surface area contributed by atoms with E-state index in [1.807, 2.05) is 11.0 Å². The van der Waals surface area contributed by atoms with Gasteiger partial charge in [-0.1, -0.05) is 31.0 Å². The third-order valence-electron chi connectivity index (χ3n) is 4.76. The summed E-state index contributed by atoms with van der Waals surface area (Å²) in [6, 6.07) is 8.39. The highest BCUT2D eigenvalue weighted by molar-refractivity contribution is 5.96. The zero-order chi connectivity index (χ0) is 13.9. The first kappa shape index (κ1) is 13.6. The molecule has 20 heavy (non-hydrogen) atoms. The van der Waals surface area contributed by atoms with Crippen LogP contribution in [-0.2, 0) is 11.2 Å². The van der Waals surface area contributed by atoms with Crippen LogP contribution in [0, 0.1) is 5.92 Å². The third kappa shape index (κ3) is 2.59. The Bertz CT molecular complexity index is 486. The van der Waals surface area contributed by atoms with E-state index in [4.69, 9.17) is 5.73 Å². The van der Waals surface area contributed by atoms with Crippen molar-refractivity contribution in [3.8, 4) is 0 Å². The van der Waals surface area contributed by atoms with E-state index in [-0.39, 0.29) is 17.9 Å². The van der Waals surface area contributed by atoms with Crippen LogP contribution >= 0.6 is 0 Å². The molecule has 2 aliphatic rings. The van der Waals surface area contributed by atoms with Crippen molar-refractivity contribution in [2.75, 3.05) is 11.4 Å². The zero-order valence-electron chi connectivity index (χ0n) is 12.1. The summed E-state index contributed by atoms with van der Waals surface area (Å²) in [7, 11) is 0. The number of benzene rings is 1. The predicted molar refractivity (Wildman–Crippen MR) is 81.7 cm³/mol. The van der Waals surface area contributed by atoms with E-state index in [9.17, 15) is 4.79 Å². The fourth-order valence-corrected chi connectivity index (χ4v) is 3.59. The van der Waals surface area contributed by atoms with Crippen LogP contribution in [0.2, 0.25) is 0 Å². The number of hydrogen-bond acceptors (Lipinski definition) is 2. The second kappa shape index (κ2) is 5.96. The molecule has 1 aliphatic carbocycles. The van der Waals surface area contributed by atoms with Crippen LogP contribution in [0.25, 0.3) is 0 Å². The molecule has 0 bridgehead atoms. The molecule has 1 heterocycles. The number of fused-ring (bicyclic) bond motifs is 1. The molecule has 3 rings (SSSR count). The highest BCUT2D eigenvalue weighted by Gasteiger charge is 2.33. The molecule has 0 saturated heterocycles. The maximum Gasteiger partial charge on any atom is 0.231 e. The van der Waals surface area contributed by atoms with Gasteiger partial charge in [-0.3, -0.25) is 4.79 Å². The molecular formula is C17H24N2O. The number of amides is 1. The van der Waals surface area contributed by atoms with Crippen LogP contribution < -0.4 is 10.6 Å². The Morgan fingerprint density at radius 3 is 2.75 bits per heavy atom. The van der Waals surface area contributed by atoms with Crippen molar-refractivity contribution in [3.63, 3.8) is 0 Å². The summed E-state index contributed by atoms with van der Waals surface area (Å²) >= 11 is 0. The van der Waals surface area contributed by atoms with Crippen molar-refractivity contribution in [1.82, 2.24) is 0 Å². The second-order valence-corrected chi connectivity index (χ2v) is 6.13. The van der Waals surface area contributed by atoms with E-state index in [0.29, 0.717) is 0 Å². The zero-order valence-corrected chi connectivity index (χ0v) is 12.1. The fourth-order valence-electron chi connectivity index (χ4n) is 3.59. The summed E-state index contributed by atoms with van der Waals surface area (Å²) in [6.07, 6.45) is 7.59. The van der Waals surface area contributed by atoms with Crippen LogP contribution in [0.4, 0.5) is 5.69 Å². The van der Waals surface area contributed by atoms with Gasteiger partial charge in [0.25, 0.3) is 0 Å². The summed E-state index contributed by atoms with van der Waals surface area (Å²) in [5.74, 6) is 0.279. The van der Waals surface area contributed by atoms with Crippen molar-refractivity contribution in [1.29, 1.82) is 0 Å². The summed E-state index contributed by atoms with van der Waals surface area (Å²) in [6.45, 7) is 0.846. The molecule has 1 aliphatic heterocycles. The minimum Gasteiger partial charge on any atom is -0.327 e. The van der Waals surface area contributed by atoms with Crippen molar-refractivity contribution in [2.45, 2.75) is 51.0 Å². The molecular weight excluding hydrogens is 248 g/mol. The van der Waals surface area contributed by atoms with Crippen LogP contribution in [0.3, 0.4) is 0 Å². The van der Waals surface area contributed by atoms with Crippen molar-refractivity contribution in [3.05, 3.63) is 29.8 Å². The fraction of sp³-hybridized carbons (Fsp3) is 0.588. The molecule has 0 aromatic heterocycles. The van der Waals surface area contributed by atoms with Crippen molar-refractivity contribution >= 4 is 11.6 Å². The molecule has 0 spiro atoms. The molecule has 1 amide bonds. The number of rotatable bonds is 1. The lowest BCUT2D eigenvalue weighted by Crippen LogP contribution is -2.46. The minimum absolute atomic E-state index is 0.0231. The monoisotopic (exact) mass is 272 g/mol. The highest BCUT2D eigenvalue weighted by Crippen LogP contribution is 2.31. The Morgan fingerprint density at radius 2 is 1.90 bits per heavy atom. The van der Waals surface area contributed by atoms with Crippen molar-refractivity contribution in [2.24, 2.45) is 11.7 Å². The molecule has 0 radical (unpaired) electrons. The Kier molecular flexibility index (Phi) is 4.06. The van der Waals surface area contributed by atoms with Gasteiger partial charge < -0.3 is 10.6 Å². The first-order valence-electron chi connectivity index (χ1n) is 7.92. The van der Waals surface area contributed by atoms with E-state index in [1.165, 1.54) is 12.0 Å². The van der Waals surface area contributed by atoms with Crippen molar-refractivity contribution < 1.29 is 4.79 Å². The van der Waals surface area contributed by atoms with Gasteiger partial charge in [-0.05, 0) is 43.7 Å². The molecule has 2 atom stereocenters. The smallest absolute Gasteiger partial charge is 0.231 e. The maximum absolute atomic E-state index is 12.9. The Balaban J connectivity index is 1.87. The average Bonchev–Trinajstić information content (AvgIpc) is 2.69. The summed E-state index contributed by atoms with van der Waals surface area (Å²) in [5.41, 5.74) is 8.62. The van der Waals surface area contributed by atoms with Gasteiger partial charge in [-0.25, -0.2) is 0 Å². The van der Waals surface area contributed by atoms with Crippen LogP contribution in [0.5, 0.6) is 0 Å². The first-order valence-corrected chi connectivity index (χ1v) is 7.92. The van der Waals surface area contributed by atoms with E-state index in [1.54, 1.807) is 0 Å². The largest absolute Gasteiger partial charge is 0.327 e. The lowest BCUT2D eigenvalue weighted by Gasteiger charge is -2.33. The number of nitrogens with two attached hydrogens (primary N) is 1. The van der Waals surface area contributed by atoms with E-state index < -0.39 is 0 Å². The quantitative estimate of drug-likeness (QED) is 0.854. The number of para-hydroxylation sites is 1. The summed E-state index contributed by atoms with van der Waals surface area (Å²) < 4.78 is 0. The molecule has 2 N–H and O–H groups in total. The van der Waals surface area contributed by atoms with Gasteiger partial charge in [-0.15, -0.1) is 0 Å². The van der Waals surface area contributed by atoms with Gasteiger partial charge in [0.2, 0.25) is 5.91 Å². The van der Waals surface area contributed by atoms with Gasteiger partial charge in [-0.2, -0.15) is 0 Å². The normalized spacial score (nSPS) is 26.8. The van der Waals surface area contributed by atoms with E-state index in [0.717, 1.165) is 50.8 Å². The number of aryl methyl sites for hydroxylation is 1. The molecule has 1 aromatic carbocycles. The second-order valence-electron chi connectivity index (χ2n) is 6.13. The van der Waals surface area contributed by atoms with Gasteiger partial charge in [0.15, 0.2) is 0 Å². The lowest BCUT2D eigenvalue weighted by atomic mass is 9.84. The van der Waals surface area contributed by atoms with Gasteiger partial charge >= 0.3 is 0 Å². The van der Waals surface area contributed by atoms with Gasteiger partial charge in [0, 0.05) is 18.3 Å². The van der Waals surface area contributed by atoms with Crippen LogP contribution in [0.1, 0.15) is 44.1 Å². The number of carbonyl (C=O) groups is 1. The molecule has 3 heteroatoms. The molecule has 1 fully saturated rings. The van der Waals surface area contributed by atoms with E-state index >= 15 is 0 Å². The highest BCUT2D eigenvalue weighted by atomic mass is 16.2. The van der Waals surface area contributed by atoms with Gasteiger partial charge in [0.1, 0.15) is 0 Å². The Hall–Kier alpha value is -1.35. The Morgan fingerprint density at radius 1 is 1.10 bits per heavy atom. The number of hydrogen-bond donors (Lipinski definition) is 1. The standard InChI is InChI=1S/C17H24N2O/c18-15-10-3-2-9-14(15)17(20)19-12-6-5-8-13-7-1-4-11-16(13)19/h1,4,7,11,14-15H,2-3,5-6,8-10,12,18H2. The summed E-state index contributed by atoms with van der Waals surface area (Å²) in [5, 5.41) is 0. The SMILES string of the molecule is NC1CCCCC1C(=O)N1CCCCc2ccccc21. The van der Waals surface area contributed by atoms with E-state index in [2.05, 4.69) is 18.2 Å². The van der Waals surface area contributed by atoms with Gasteiger partial charge in [0.05, 0.1) is 5.92 Å². The molecule has 3 nitrogen and oxygen atoms in total. The molecule has 1 saturated carbocycles. The summed E-state index contributed by atoms with van der Waals surface area (Å²) in [4.78, 5) is 14.9. The minimum atomic E-state index is 0.0231. The Labute approximate surface area is 121 Å². The number of nitrogens with zero attached hydrogens (tertiary/aromatic N) is 1. The molecule has 2 unspecified atom stereocenters. The molecule has 108 valence electrons. The van der Waals surface area contributed by atoms with Crippen LogP contribution in [0.15, 0.2) is 24.3 Å². The number of carbonyl (C=O) groups excluding carboxylic acids is 1. The first-order chi connectivity index (χ1) is 9.77. The topological polar surface area (TPSA) is 46.3 Å². The maximum atomic E-state index is 12.9. The predicted octanol–water partition coefficient (Wildman–Crippen LogP) is 2.87. The average molecular weight is 272 g/mol. The third-order valence-corrected chi connectivity index (χ3v) is 4.76.